The number of hydrogen-bond acceptors (Lipinski definition) is 4. The van der Waals surface area contributed by atoms with Gasteiger partial charge in [0.15, 0.2) is 0 Å². The number of aromatic nitrogens is 2. The Labute approximate surface area is 126 Å². The Hall–Kier alpha value is -2.95. The summed E-state index contributed by atoms with van der Waals surface area (Å²) in [6.07, 6.45) is 1.49. The zero-order valence-electron chi connectivity index (χ0n) is 12.0. The van der Waals surface area contributed by atoms with Gasteiger partial charge in [0.25, 0.3) is 5.56 Å². The second kappa shape index (κ2) is 5.81. The van der Waals surface area contributed by atoms with E-state index >= 15 is 0 Å². The van der Waals surface area contributed by atoms with Crippen molar-refractivity contribution in [1.82, 2.24) is 9.55 Å². The van der Waals surface area contributed by atoms with Gasteiger partial charge in [-0.2, -0.15) is 0 Å². The summed E-state index contributed by atoms with van der Waals surface area (Å²) in [5.41, 5.74) is 1.62. The van der Waals surface area contributed by atoms with Gasteiger partial charge < -0.3 is 4.74 Å². The van der Waals surface area contributed by atoms with Gasteiger partial charge in [-0.15, -0.1) is 0 Å². The molecule has 0 saturated heterocycles. The molecule has 0 aliphatic carbocycles. The van der Waals surface area contributed by atoms with E-state index in [1.165, 1.54) is 10.9 Å². The molecule has 0 bridgehead atoms. The number of ether oxygens (including phenoxy) is 1. The first-order chi connectivity index (χ1) is 10.7. The molecule has 22 heavy (non-hydrogen) atoms. The standard InChI is InChI=1S/C17H14N2O3/c1-2-22-17(21)12-7-9-13(10-8-12)19-11-18-15-6-4-3-5-14(15)16(19)20/h3-11H,2H2,1H3. The second-order valence-corrected chi connectivity index (χ2v) is 4.70. The van der Waals surface area contributed by atoms with Gasteiger partial charge in [-0.05, 0) is 43.3 Å². The number of esters is 1. The number of para-hydroxylation sites is 1. The van der Waals surface area contributed by atoms with Gasteiger partial charge in [-0.3, -0.25) is 9.36 Å². The summed E-state index contributed by atoms with van der Waals surface area (Å²) < 4.78 is 6.39. The lowest BCUT2D eigenvalue weighted by molar-refractivity contribution is 0.0526. The summed E-state index contributed by atoms with van der Waals surface area (Å²) in [4.78, 5) is 28.4. The highest BCUT2D eigenvalue weighted by Gasteiger charge is 2.08. The molecule has 1 aromatic heterocycles. The van der Waals surface area contributed by atoms with Crippen LogP contribution < -0.4 is 5.56 Å². The second-order valence-electron chi connectivity index (χ2n) is 4.70. The number of benzene rings is 2. The third-order valence-corrected chi connectivity index (χ3v) is 3.32. The van der Waals surface area contributed by atoms with Gasteiger partial charge in [0.2, 0.25) is 0 Å². The van der Waals surface area contributed by atoms with Crippen molar-refractivity contribution in [2.75, 3.05) is 6.61 Å². The first-order valence-electron chi connectivity index (χ1n) is 6.94. The number of fused-ring (bicyclic) bond motifs is 1. The van der Waals surface area contributed by atoms with E-state index in [1.54, 1.807) is 49.4 Å². The van der Waals surface area contributed by atoms with Crippen LogP contribution in [0.15, 0.2) is 59.7 Å². The number of hydrogen-bond donors (Lipinski definition) is 0. The van der Waals surface area contributed by atoms with E-state index in [9.17, 15) is 9.59 Å². The molecule has 0 amide bonds. The van der Waals surface area contributed by atoms with Crippen LogP contribution in [0.2, 0.25) is 0 Å². The van der Waals surface area contributed by atoms with Gasteiger partial charge in [-0.1, -0.05) is 12.1 Å². The highest BCUT2D eigenvalue weighted by atomic mass is 16.5. The molecular weight excluding hydrogens is 280 g/mol. The normalized spacial score (nSPS) is 10.6. The Kier molecular flexibility index (Phi) is 3.70. The Morgan fingerprint density at radius 1 is 1.14 bits per heavy atom. The molecular formula is C17H14N2O3. The van der Waals surface area contributed by atoms with Crippen LogP contribution in [0.1, 0.15) is 17.3 Å². The predicted octanol–water partition coefficient (Wildman–Crippen LogP) is 2.56. The molecule has 0 spiro atoms. The molecule has 0 aliphatic rings. The summed E-state index contributed by atoms with van der Waals surface area (Å²) in [6, 6.07) is 13.9. The zero-order chi connectivity index (χ0) is 15.5. The van der Waals surface area contributed by atoms with Crippen LogP contribution in [0.5, 0.6) is 0 Å². The summed E-state index contributed by atoms with van der Waals surface area (Å²) in [5, 5.41) is 0.555. The summed E-state index contributed by atoms with van der Waals surface area (Å²) in [6.45, 7) is 2.08. The fraction of sp³-hybridized carbons (Fsp3) is 0.118. The van der Waals surface area contributed by atoms with Gasteiger partial charge >= 0.3 is 5.97 Å². The molecule has 0 unspecified atom stereocenters. The topological polar surface area (TPSA) is 61.2 Å². The molecule has 5 heteroatoms. The number of rotatable bonds is 3. The molecule has 1 heterocycles. The Morgan fingerprint density at radius 3 is 2.59 bits per heavy atom. The highest BCUT2D eigenvalue weighted by molar-refractivity contribution is 5.89. The van der Waals surface area contributed by atoms with Crippen LogP contribution in [-0.4, -0.2) is 22.1 Å². The van der Waals surface area contributed by atoms with Crippen LogP contribution in [0.4, 0.5) is 0 Å². The lowest BCUT2D eigenvalue weighted by atomic mass is 10.2. The maximum absolute atomic E-state index is 12.5. The molecule has 0 atom stereocenters. The average molecular weight is 294 g/mol. The van der Waals surface area contributed by atoms with E-state index in [0.717, 1.165) is 0 Å². The lowest BCUT2D eigenvalue weighted by Gasteiger charge is -2.07. The lowest BCUT2D eigenvalue weighted by Crippen LogP contribution is -2.18. The maximum atomic E-state index is 12.5. The third-order valence-electron chi connectivity index (χ3n) is 3.32. The number of nitrogens with zero attached hydrogens (tertiary/aromatic N) is 2. The molecule has 5 nitrogen and oxygen atoms in total. The third kappa shape index (κ3) is 2.48. The fourth-order valence-corrected chi connectivity index (χ4v) is 2.23. The highest BCUT2D eigenvalue weighted by Crippen LogP contribution is 2.11. The molecule has 0 N–H and O–H groups in total. The van der Waals surface area contributed by atoms with Crippen molar-refractivity contribution in [1.29, 1.82) is 0 Å². The zero-order valence-corrected chi connectivity index (χ0v) is 12.0. The van der Waals surface area contributed by atoms with E-state index in [4.69, 9.17) is 4.74 Å². The minimum absolute atomic E-state index is 0.144. The van der Waals surface area contributed by atoms with E-state index in [2.05, 4.69) is 4.98 Å². The summed E-state index contributed by atoms with van der Waals surface area (Å²) in [7, 11) is 0. The van der Waals surface area contributed by atoms with Crippen molar-refractivity contribution in [3.8, 4) is 5.69 Å². The van der Waals surface area contributed by atoms with Crippen LogP contribution in [0.25, 0.3) is 16.6 Å². The molecule has 2 aromatic carbocycles. The Bertz CT molecular complexity index is 882. The van der Waals surface area contributed by atoms with Crippen LogP contribution in [0.3, 0.4) is 0 Å². The molecule has 0 radical (unpaired) electrons. The van der Waals surface area contributed by atoms with Crippen LogP contribution in [0, 0.1) is 0 Å². The first kappa shape index (κ1) is 14.0. The SMILES string of the molecule is CCOC(=O)c1ccc(-n2cnc3ccccc3c2=O)cc1. The summed E-state index contributed by atoms with van der Waals surface area (Å²) in [5.74, 6) is -0.377. The van der Waals surface area contributed by atoms with Crippen molar-refractivity contribution < 1.29 is 9.53 Å². The van der Waals surface area contributed by atoms with E-state index in [-0.39, 0.29) is 11.5 Å². The molecule has 110 valence electrons. The van der Waals surface area contributed by atoms with Crippen molar-refractivity contribution >= 4 is 16.9 Å². The molecule has 0 saturated carbocycles. The van der Waals surface area contributed by atoms with Crippen LogP contribution in [-0.2, 0) is 4.74 Å². The van der Waals surface area contributed by atoms with Crippen LogP contribution >= 0.6 is 0 Å². The van der Waals surface area contributed by atoms with Crippen molar-refractivity contribution in [2.45, 2.75) is 6.92 Å². The predicted molar refractivity (Wildman–Crippen MR) is 83.3 cm³/mol. The first-order valence-corrected chi connectivity index (χ1v) is 6.94. The van der Waals surface area contributed by atoms with Gasteiger partial charge in [-0.25, -0.2) is 9.78 Å². The minimum atomic E-state index is -0.377. The van der Waals surface area contributed by atoms with Crippen molar-refractivity contribution in [3.63, 3.8) is 0 Å². The Balaban J connectivity index is 2.03. The van der Waals surface area contributed by atoms with E-state index in [1.807, 2.05) is 6.07 Å². The molecule has 0 aliphatic heterocycles. The monoisotopic (exact) mass is 294 g/mol. The van der Waals surface area contributed by atoms with Gasteiger partial charge in [0, 0.05) is 0 Å². The van der Waals surface area contributed by atoms with Gasteiger partial charge in [0.05, 0.1) is 28.8 Å². The maximum Gasteiger partial charge on any atom is 0.338 e. The average Bonchev–Trinajstić information content (AvgIpc) is 2.56. The van der Waals surface area contributed by atoms with Crippen molar-refractivity contribution in [2.24, 2.45) is 0 Å². The van der Waals surface area contributed by atoms with E-state index in [0.29, 0.717) is 28.8 Å². The van der Waals surface area contributed by atoms with E-state index < -0.39 is 0 Å². The minimum Gasteiger partial charge on any atom is -0.462 e. The Morgan fingerprint density at radius 2 is 1.86 bits per heavy atom. The summed E-state index contributed by atoms with van der Waals surface area (Å²) >= 11 is 0. The fourth-order valence-electron chi connectivity index (χ4n) is 2.23. The molecule has 3 rings (SSSR count). The largest absolute Gasteiger partial charge is 0.462 e. The molecule has 0 fully saturated rings. The molecule has 3 aromatic rings. The number of carbonyl (C=O) groups is 1. The van der Waals surface area contributed by atoms with Gasteiger partial charge in [0.1, 0.15) is 6.33 Å². The quantitative estimate of drug-likeness (QED) is 0.697. The smallest absolute Gasteiger partial charge is 0.338 e. The number of carbonyl (C=O) groups excluding carboxylic acids is 1. The van der Waals surface area contributed by atoms with Crippen molar-refractivity contribution in [3.05, 3.63) is 70.8 Å².